The number of nitrogens with zero attached hydrogens (tertiary/aromatic N) is 1. The summed E-state index contributed by atoms with van der Waals surface area (Å²) in [6.45, 7) is 3.88. The molecule has 0 fully saturated rings. The molecule has 1 aromatic rings. The van der Waals surface area contributed by atoms with Crippen LogP contribution in [0.1, 0.15) is 28.9 Å². The molecule has 0 aliphatic heterocycles. The summed E-state index contributed by atoms with van der Waals surface area (Å²) in [5, 5.41) is 11.4. The lowest BCUT2D eigenvalue weighted by molar-refractivity contribution is -0.121. The smallest absolute Gasteiger partial charge is 0.354 e. The van der Waals surface area contributed by atoms with E-state index in [0.717, 1.165) is 5.56 Å². The van der Waals surface area contributed by atoms with Crippen molar-refractivity contribution in [2.75, 3.05) is 0 Å². The minimum absolute atomic E-state index is 0.00765. The van der Waals surface area contributed by atoms with Crippen LogP contribution in [0.2, 0.25) is 0 Å². The maximum atomic E-state index is 11.3. The summed E-state index contributed by atoms with van der Waals surface area (Å²) < 4.78 is 0. The lowest BCUT2D eigenvalue weighted by Gasteiger charge is -2.04. The number of carboxylic acids is 1. The zero-order chi connectivity index (χ0) is 12.7. The second kappa shape index (κ2) is 6.42. The van der Waals surface area contributed by atoms with Gasteiger partial charge in [0, 0.05) is 19.2 Å². The largest absolute Gasteiger partial charge is 0.477 e. The molecule has 5 heteroatoms. The van der Waals surface area contributed by atoms with Crippen LogP contribution in [0.25, 0.3) is 0 Å². The zero-order valence-electron chi connectivity index (χ0n) is 9.35. The van der Waals surface area contributed by atoms with Crippen molar-refractivity contribution in [3.8, 4) is 0 Å². The molecule has 0 spiro atoms. The molecule has 0 radical (unpaired) electrons. The summed E-state index contributed by atoms with van der Waals surface area (Å²) in [7, 11) is 0. The number of hydrogen-bond donors (Lipinski definition) is 2. The van der Waals surface area contributed by atoms with Crippen LogP contribution < -0.4 is 5.32 Å². The molecule has 1 heterocycles. The highest BCUT2D eigenvalue weighted by molar-refractivity contribution is 5.85. The van der Waals surface area contributed by atoms with E-state index in [1.165, 1.54) is 12.3 Å². The van der Waals surface area contributed by atoms with E-state index in [4.69, 9.17) is 5.11 Å². The topological polar surface area (TPSA) is 79.3 Å². The molecule has 0 aliphatic carbocycles. The molecule has 1 aromatic heterocycles. The SMILES string of the molecule is C=CCCC(=O)NCc1ccc(C(=O)O)nc1. The molecule has 17 heavy (non-hydrogen) atoms. The summed E-state index contributed by atoms with van der Waals surface area (Å²) in [6.07, 6.45) is 4.17. The Morgan fingerprint density at radius 1 is 1.47 bits per heavy atom. The van der Waals surface area contributed by atoms with Crippen LogP contribution in [0.15, 0.2) is 31.0 Å². The number of hydrogen-bond acceptors (Lipinski definition) is 3. The van der Waals surface area contributed by atoms with Crippen LogP contribution in [0.5, 0.6) is 0 Å². The third kappa shape index (κ3) is 4.46. The first-order valence-corrected chi connectivity index (χ1v) is 5.19. The van der Waals surface area contributed by atoms with E-state index in [9.17, 15) is 9.59 Å². The number of rotatable bonds is 6. The van der Waals surface area contributed by atoms with Crippen LogP contribution in [-0.2, 0) is 11.3 Å². The molecule has 0 aromatic carbocycles. The van der Waals surface area contributed by atoms with Crippen molar-refractivity contribution < 1.29 is 14.7 Å². The maximum Gasteiger partial charge on any atom is 0.354 e. The van der Waals surface area contributed by atoms with Gasteiger partial charge < -0.3 is 10.4 Å². The third-order valence-corrected chi connectivity index (χ3v) is 2.11. The van der Waals surface area contributed by atoms with Crippen LogP contribution in [0, 0.1) is 0 Å². The Morgan fingerprint density at radius 3 is 2.76 bits per heavy atom. The zero-order valence-corrected chi connectivity index (χ0v) is 9.35. The average molecular weight is 234 g/mol. The van der Waals surface area contributed by atoms with E-state index < -0.39 is 5.97 Å². The lowest BCUT2D eigenvalue weighted by atomic mass is 10.2. The van der Waals surface area contributed by atoms with Gasteiger partial charge >= 0.3 is 5.97 Å². The van der Waals surface area contributed by atoms with Gasteiger partial charge in [-0.25, -0.2) is 9.78 Å². The normalized spacial score (nSPS) is 9.65. The molecule has 2 N–H and O–H groups in total. The number of amides is 1. The van der Waals surface area contributed by atoms with Gasteiger partial charge in [0.05, 0.1) is 0 Å². The van der Waals surface area contributed by atoms with E-state index >= 15 is 0 Å². The van der Waals surface area contributed by atoms with Gasteiger partial charge in [0.1, 0.15) is 5.69 Å². The summed E-state index contributed by atoms with van der Waals surface area (Å²) in [5.74, 6) is -1.13. The molecule has 90 valence electrons. The lowest BCUT2D eigenvalue weighted by Crippen LogP contribution is -2.22. The second-order valence-electron chi connectivity index (χ2n) is 3.46. The first-order valence-electron chi connectivity index (χ1n) is 5.19. The van der Waals surface area contributed by atoms with Crippen molar-refractivity contribution in [2.24, 2.45) is 0 Å². The number of allylic oxidation sites excluding steroid dienone is 1. The summed E-state index contributed by atoms with van der Waals surface area (Å²) in [6, 6.07) is 3.04. The van der Waals surface area contributed by atoms with Gasteiger partial charge in [-0.05, 0) is 18.1 Å². The van der Waals surface area contributed by atoms with Crippen molar-refractivity contribution in [1.29, 1.82) is 0 Å². The fraction of sp³-hybridized carbons (Fsp3) is 0.250. The minimum Gasteiger partial charge on any atom is -0.477 e. The Kier molecular flexibility index (Phi) is 4.87. The summed E-state index contributed by atoms with van der Waals surface area (Å²) in [4.78, 5) is 25.6. The average Bonchev–Trinajstić information content (AvgIpc) is 2.34. The highest BCUT2D eigenvalue weighted by Gasteiger charge is 2.04. The van der Waals surface area contributed by atoms with Crippen molar-refractivity contribution >= 4 is 11.9 Å². The molecular formula is C12H14N2O3. The Morgan fingerprint density at radius 2 is 2.24 bits per heavy atom. The fourth-order valence-corrected chi connectivity index (χ4v) is 1.18. The van der Waals surface area contributed by atoms with Crippen LogP contribution >= 0.6 is 0 Å². The number of carbonyl (C=O) groups excluding carboxylic acids is 1. The van der Waals surface area contributed by atoms with E-state index in [2.05, 4.69) is 16.9 Å². The maximum absolute atomic E-state index is 11.3. The highest BCUT2D eigenvalue weighted by Crippen LogP contribution is 2.00. The first-order chi connectivity index (χ1) is 8.13. The van der Waals surface area contributed by atoms with E-state index in [0.29, 0.717) is 19.4 Å². The Balaban J connectivity index is 2.44. The van der Waals surface area contributed by atoms with Gasteiger partial charge in [0.25, 0.3) is 0 Å². The van der Waals surface area contributed by atoms with Gasteiger partial charge in [-0.2, -0.15) is 0 Å². The minimum atomic E-state index is -1.06. The monoisotopic (exact) mass is 234 g/mol. The van der Waals surface area contributed by atoms with Gasteiger partial charge in [-0.15, -0.1) is 6.58 Å². The van der Waals surface area contributed by atoms with E-state index in [1.54, 1.807) is 12.1 Å². The molecule has 0 aliphatic rings. The van der Waals surface area contributed by atoms with Crippen LogP contribution in [0.3, 0.4) is 0 Å². The predicted molar refractivity (Wildman–Crippen MR) is 62.5 cm³/mol. The van der Waals surface area contributed by atoms with E-state index in [1.807, 2.05) is 0 Å². The van der Waals surface area contributed by atoms with Gasteiger partial charge in [-0.1, -0.05) is 12.1 Å². The van der Waals surface area contributed by atoms with Gasteiger partial charge in [0.15, 0.2) is 0 Å². The fourth-order valence-electron chi connectivity index (χ4n) is 1.18. The Bertz CT molecular complexity index is 412. The molecular weight excluding hydrogens is 220 g/mol. The number of carboxylic acid groups (broad SMARTS) is 1. The van der Waals surface area contributed by atoms with E-state index in [-0.39, 0.29) is 11.6 Å². The number of aromatic carboxylic acids is 1. The van der Waals surface area contributed by atoms with Crippen molar-refractivity contribution in [3.63, 3.8) is 0 Å². The van der Waals surface area contributed by atoms with Crippen molar-refractivity contribution in [2.45, 2.75) is 19.4 Å². The predicted octanol–water partition coefficient (Wildman–Crippen LogP) is 1.36. The molecule has 0 bridgehead atoms. The van der Waals surface area contributed by atoms with Crippen molar-refractivity contribution in [3.05, 3.63) is 42.2 Å². The summed E-state index contributed by atoms with van der Waals surface area (Å²) in [5.41, 5.74) is 0.758. The number of pyridine rings is 1. The second-order valence-corrected chi connectivity index (χ2v) is 3.46. The Hall–Kier alpha value is -2.17. The molecule has 0 atom stereocenters. The molecule has 5 nitrogen and oxygen atoms in total. The molecule has 1 amide bonds. The third-order valence-electron chi connectivity index (χ3n) is 2.11. The van der Waals surface area contributed by atoms with Crippen LogP contribution in [0.4, 0.5) is 0 Å². The number of aromatic nitrogens is 1. The first kappa shape index (κ1) is 12.9. The van der Waals surface area contributed by atoms with Crippen molar-refractivity contribution in [1.82, 2.24) is 10.3 Å². The van der Waals surface area contributed by atoms with Gasteiger partial charge in [-0.3, -0.25) is 4.79 Å². The quantitative estimate of drug-likeness (QED) is 0.728. The number of nitrogens with one attached hydrogen (secondary N) is 1. The number of carbonyl (C=O) groups is 2. The molecule has 0 saturated heterocycles. The van der Waals surface area contributed by atoms with Gasteiger partial charge in [0.2, 0.25) is 5.91 Å². The molecule has 1 rings (SSSR count). The van der Waals surface area contributed by atoms with Crippen LogP contribution in [-0.4, -0.2) is 22.0 Å². The standard InChI is InChI=1S/C12H14N2O3/c1-2-3-4-11(15)14-8-9-5-6-10(12(16)17)13-7-9/h2,5-7H,1,3-4,8H2,(H,14,15)(H,16,17). The summed E-state index contributed by atoms with van der Waals surface area (Å²) >= 11 is 0. The molecule has 0 unspecified atom stereocenters. The Labute approximate surface area is 99.2 Å². The molecule has 0 saturated carbocycles. The highest BCUT2D eigenvalue weighted by atomic mass is 16.4.